The zero-order valence-corrected chi connectivity index (χ0v) is 41.7. The second-order valence-corrected chi connectivity index (χ2v) is 16.4. The molecule has 0 spiro atoms. The summed E-state index contributed by atoms with van der Waals surface area (Å²) in [6, 6.07) is 1.83. The molecule has 0 saturated carbocycles. The quantitative estimate of drug-likeness (QED) is 0.0792. The van der Waals surface area contributed by atoms with Gasteiger partial charge >= 0.3 is 39.2 Å². The Labute approximate surface area is 381 Å². The number of hydrogen-bond donors (Lipinski definition) is 3. The monoisotopic (exact) mass is 986 g/mol. The van der Waals surface area contributed by atoms with Gasteiger partial charge in [-0.05, 0) is 128 Å². The number of halogens is 2. The van der Waals surface area contributed by atoms with Crippen LogP contribution >= 0.6 is 44.7 Å². The van der Waals surface area contributed by atoms with Gasteiger partial charge in [-0.1, -0.05) is 6.58 Å². The van der Waals surface area contributed by atoms with Gasteiger partial charge in [0.25, 0.3) is 0 Å². The molecule has 2 aliphatic rings. The largest absolute Gasteiger partial charge is 0.286 e. The normalized spacial score (nSPS) is 17.0. The van der Waals surface area contributed by atoms with Crippen LogP contribution in [0.1, 0.15) is 102 Å². The molecule has 6 rings (SSSR count). The summed E-state index contributed by atoms with van der Waals surface area (Å²) in [4.78, 5) is 0. The molecule has 0 aromatic carbocycles. The van der Waals surface area contributed by atoms with E-state index in [0.29, 0.717) is 13.2 Å². The van der Waals surface area contributed by atoms with E-state index < -0.39 is 7.32 Å². The Bertz CT molecular complexity index is 1620. The number of aromatic nitrogens is 8. The average molecular weight is 988 g/mol. The second kappa shape index (κ2) is 29.7. The van der Waals surface area contributed by atoms with Crippen molar-refractivity contribution >= 4 is 72.2 Å². The van der Waals surface area contributed by atoms with Crippen molar-refractivity contribution in [3.63, 3.8) is 0 Å². The number of ether oxygens (including phenoxy) is 3. The summed E-state index contributed by atoms with van der Waals surface area (Å²) in [5.74, 6) is 0. The molecule has 0 bridgehead atoms. The number of nitrogens with one attached hydrogen (secondary N) is 2. The summed E-state index contributed by atoms with van der Waals surface area (Å²) < 4.78 is 51.5. The van der Waals surface area contributed by atoms with Crippen LogP contribution in [0.2, 0.25) is 0 Å². The van der Waals surface area contributed by atoms with Crippen molar-refractivity contribution in [3.05, 3.63) is 77.4 Å². The third-order valence-corrected chi connectivity index (χ3v) is 9.70. The molecule has 2 fully saturated rings. The maximum absolute atomic E-state index is 5.99. The molecule has 1 radical (unpaired) electrons. The van der Waals surface area contributed by atoms with E-state index in [4.69, 9.17) is 32.7 Å². The Balaban J connectivity index is 0.000000736. The molecule has 2 atom stereocenters. The maximum atomic E-state index is 5.99. The summed E-state index contributed by atoms with van der Waals surface area (Å²) >= 11 is 9.69. The first-order chi connectivity index (χ1) is 28.1. The SMILES string of the molecule is Brc1cn[nH]c1.C=COCC.CCOC(C)n1cc(B2OC(C)(C)C(C)(C)O2)cn1.CCOC(C)n1cc(Br)cn1.COB1OC(C)(C)C(C)(C)O1.[B]=NS.c1cn[nH]c1. The van der Waals surface area contributed by atoms with Crippen LogP contribution < -0.4 is 5.46 Å². The Hall–Kier alpha value is -2.60. The smallest absolute Gasteiger partial charge is 0.0487 e. The van der Waals surface area contributed by atoms with E-state index in [1.54, 1.807) is 53.7 Å². The summed E-state index contributed by atoms with van der Waals surface area (Å²) in [5, 5.41) is 20.9. The predicted octanol–water partition coefficient (Wildman–Crippen LogP) is 8.09. The van der Waals surface area contributed by atoms with Gasteiger partial charge in [-0.15, -0.1) is 0 Å². The summed E-state index contributed by atoms with van der Waals surface area (Å²) in [6.45, 7) is 31.3. The molecule has 0 amide bonds. The maximum Gasteiger partial charge on any atom is 0.0487 e. The average Bonchev–Trinajstić information content (AvgIpc) is 4.03. The zero-order chi connectivity index (χ0) is 46.0. The molecule has 4 aromatic rings. The van der Waals surface area contributed by atoms with E-state index in [2.05, 4.69) is 98.5 Å². The van der Waals surface area contributed by atoms with Crippen LogP contribution in [-0.2, 0) is 37.5 Å². The van der Waals surface area contributed by atoms with Crippen LogP contribution in [0.15, 0.2) is 81.7 Å². The Morgan fingerprint density at radius 2 is 1.32 bits per heavy atom. The number of H-pyrrole nitrogens is 2. The van der Waals surface area contributed by atoms with Gasteiger partial charge < -0.3 is 37.5 Å². The van der Waals surface area contributed by atoms with Gasteiger partial charge in [0.05, 0.1) is 56.6 Å². The van der Waals surface area contributed by atoms with E-state index in [-0.39, 0.29) is 42.0 Å². The van der Waals surface area contributed by atoms with Crippen LogP contribution in [0.5, 0.6) is 0 Å². The molecule has 17 nitrogen and oxygen atoms in total. The number of nitrogens with zero attached hydrogens (tertiary/aromatic N) is 7. The van der Waals surface area contributed by atoms with Gasteiger partial charge in [0.2, 0.25) is 0 Å². The number of thiol groups is 1. The first kappa shape index (κ1) is 57.4. The zero-order valence-electron chi connectivity index (χ0n) is 37.6. The molecule has 2 saturated heterocycles. The summed E-state index contributed by atoms with van der Waals surface area (Å²) in [6.07, 6.45) is 15.6. The van der Waals surface area contributed by atoms with Gasteiger partial charge in [0, 0.05) is 63.0 Å². The summed E-state index contributed by atoms with van der Waals surface area (Å²) in [7, 11) is 5.03. The van der Waals surface area contributed by atoms with Gasteiger partial charge in [-0.3, -0.25) is 10.2 Å². The molecule has 60 heavy (non-hydrogen) atoms. The first-order valence-corrected chi connectivity index (χ1v) is 21.2. The third kappa shape index (κ3) is 21.5. The molecule has 335 valence electrons. The van der Waals surface area contributed by atoms with Crippen molar-refractivity contribution in [2.75, 3.05) is 26.9 Å². The molecule has 6 heterocycles. The molecule has 0 aliphatic carbocycles. The standard InChI is InChI=1S/C13H23BN2O3.C7H15BO3.C7H11BrN2O.C4H8O.C3H3BrN2.C3H4N2.BHNS/c1-7-17-10(2)16-9-11(8-15-16)14-18-12(3,4)13(5,6)19-14;1-6(2)7(3,4)11-8(9-5)10-6;1-3-11-6(2)10-5-7(8)4-9-10;1-3-5-4-2;4-3-1-5-6-2-3;1-2-4-5-3-1;1-2-3/h8-10H,7H2,1-6H3;1-5H3;4-6H,3H2,1-2H3;3H,1,4H2,2H3;1-2H,(H,5,6);1-3H,(H,4,5);3H. The van der Waals surface area contributed by atoms with Crippen LogP contribution in [0.3, 0.4) is 0 Å². The Morgan fingerprint density at radius 3 is 1.60 bits per heavy atom. The van der Waals surface area contributed by atoms with Crippen LogP contribution in [0.25, 0.3) is 0 Å². The van der Waals surface area contributed by atoms with Crippen molar-refractivity contribution in [3.8, 4) is 0 Å². The van der Waals surface area contributed by atoms with E-state index in [1.165, 1.54) is 6.26 Å². The van der Waals surface area contributed by atoms with Gasteiger partial charge in [-0.2, -0.15) is 20.4 Å². The van der Waals surface area contributed by atoms with Gasteiger partial charge in [0.1, 0.15) is 12.5 Å². The van der Waals surface area contributed by atoms with Crippen molar-refractivity contribution in [1.82, 2.24) is 40.0 Å². The predicted molar refractivity (Wildman–Crippen MR) is 248 cm³/mol. The van der Waals surface area contributed by atoms with E-state index in [0.717, 1.165) is 21.0 Å². The minimum Gasteiger partial charge on any atom is -0.286 e. The minimum absolute atomic E-state index is 0.0197. The number of aromatic amines is 2. The van der Waals surface area contributed by atoms with Crippen molar-refractivity contribution in [2.24, 2.45) is 4.30 Å². The van der Waals surface area contributed by atoms with Crippen LogP contribution in [-0.4, -0.2) is 111 Å². The second-order valence-electron chi connectivity index (χ2n) is 14.3. The van der Waals surface area contributed by atoms with E-state index >= 15 is 0 Å². The minimum atomic E-state index is -0.514. The Kier molecular flexibility index (Phi) is 28.4. The molecular formula is C37H65B3Br2N9O8S. The molecule has 2 aliphatic heterocycles. The van der Waals surface area contributed by atoms with Crippen LogP contribution in [0, 0.1) is 0 Å². The van der Waals surface area contributed by atoms with Gasteiger partial charge in [-0.25, -0.2) is 9.36 Å². The van der Waals surface area contributed by atoms with E-state index in [9.17, 15) is 0 Å². The fourth-order valence-electron chi connectivity index (χ4n) is 4.25. The van der Waals surface area contributed by atoms with Crippen molar-refractivity contribution in [2.45, 2.75) is 125 Å². The van der Waals surface area contributed by atoms with E-state index in [1.807, 2.05) is 108 Å². The van der Waals surface area contributed by atoms with Gasteiger partial charge in [0.15, 0.2) is 0 Å². The molecule has 2 N–H and O–H groups in total. The molecule has 4 aromatic heterocycles. The fourth-order valence-corrected chi connectivity index (χ4v) is 4.76. The fraction of sp³-hybridized carbons (Fsp3) is 0.622. The topological polar surface area (TPSA) is 179 Å². The van der Waals surface area contributed by atoms with Crippen LogP contribution in [0.4, 0.5) is 0 Å². The molecular weight excluding hydrogens is 923 g/mol. The molecule has 23 heteroatoms. The Morgan fingerprint density at radius 1 is 0.817 bits per heavy atom. The number of hydrogen-bond acceptors (Lipinski definition) is 14. The molecule has 2 unspecified atom stereocenters. The third-order valence-electron chi connectivity index (χ3n) is 8.86. The first-order valence-electron chi connectivity index (χ1n) is 19.2. The summed E-state index contributed by atoms with van der Waals surface area (Å²) in [5.41, 5.74) is -0.303. The van der Waals surface area contributed by atoms with Crippen molar-refractivity contribution in [1.29, 1.82) is 0 Å². The van der Waals surface area contributed by atoms with Crippen molar-refractivity contribution < 1.29 is 37.5 Å². The number of rotatable bonds is 10.